The van der Waals surface area contributed by atoms with E-state index in [1.54, 1.807) is 12.1 Å². The zero-order valence-electron chi connectivity index (χ0n) is 16.6. The van der Waals surface area contributed by atoms with Crippen LogP contribution in [0.15, 0.2) is 70.0 Å². The number of halogens is 1. The van der Waals surface area contributed by atoms with Crippen LogP contribution in [-0.4, -0.2) is 49.6 Å². The molecule has 3 rings (SSSR count). The van der Waals surface area contributed by atoms with Crippen molar-refractivity contribution in [2.45, 2.75) is 23.3 Å². The molecule has 160 valence electrons. The third kappa shape index (κ3) is 4.83. The van der Waals surface area contributed by atoms with Crippen molar-refractivity contribution in [2.24, 2.45) is 5.92 Å². The lowest BCUT2D eigenvalue weighted by Crippen LogP contribution is -2.57. The average molecular weight is 494 g/mol. The molecule has 0 spiro atoms. The van der Waals surface area contributed by atoms with Crippen LogP contribution in [0.2, 0.25) is 0 Å². The highest BCUT2D eigenvalue weighted by molar-refractivity contribution is 9.10. The van der Waals surface area contributed by atoms with Gasteiger partial charge >= 0.3 is 5.97 Å². The molecule has 8 heteroatoms. The summed E-state index contributed by atoms with van der Waals surface area (Å²) in [7, 11) is -2.52. The summed E-state index contributed by atoms with van der Waals surface area (Å²) >= 11 is 3.30. The summed E-state index contributed by atoms with van der Waals surface area (Å²) in [6, 6.07) is 16.0. The Morgan fingerprint density at radius 1 is 1.23 bits per heavy atom. The van der Waals surface area contributed by atoms with Gasteiger partial charge in [-0.25, -0.2) is 13.2 Å². The lowest BCUT2D eigenvalue weighted by Gasteiger charge is -2.41. The molecule has 2 aromatic carbocycles. The maximum atomic E-state index is 13.1. The Labute approximate surface area is 185 Å². The molecule has 0 unspecified atom stereocenters. The van der Waals surface area contributed by atoms with E-state index >= 15 is 0 Å². The zero-order valence-corrected chi connectivity index (χ0v) is 19.0. The molecule has 0 aromatic heterocycles. The largest absolute Gasteiger partial charge is 0.467 e. The highest BCUT2D eigenvalue weighted by Gasteiger charge is 2.50. The smallest absolute Gasteiger partial charge is 0.338 e. The summed E-state index contributed by atoms with van der Waals surface area (Å²) in [5.41, 5.74) is -0.754. The number of carbonyl (C=O) groups is 1. The summed E-state index contributed by atoms with van der Waals surface area (Å²) in [6.07, 6.45) is 4.04. The number of methoxy groups -OCH3 is 1. The number of allylic oxidation sites excluding steroid dienone is 1. The Balaban J connectivity index is 1.84. The number of nitrogens with zero attached hydrogens (tertiary/aromatic N) is 1. The first-order valence-corrected chi connectivity index (χ1v) is 11.8. The Bertz CT molecular complexity index is 1010. The van der Waals surface area contributed by atoms with Crippen molar-refractivity contribution in [1.29, 1.82) is 0 Å². The molecule has 0 amide bonds. The van der Waals surface area contributed by atoms with Crippen LogP contribution in [0.25, 0.3) is 6.08 Å². The van der Waals surface area contributed by atoms with Crippen LogP contribution >= 0.6 is 15.9 Å². The highest BCUT2D eigenvalue weighted by atomic mass is 79.9. The van der Waals surface area contributed by atoms with E-state index in [2.05, 4.69) is 15.9 Å². The summed E-state index contributed by atoms with van der Waals surface area (Å²) in [5, 5.41) is 11.1. The Morgan fingerprint density at radius 2 is 1.90 bits per heavy atom. The first-order chi connectivity index (χ1) is 14.3. The molecule has 1 N–H and O–H groups in total. The van der Waals surface area contributed by atoms with Crippen molar-refractivity contribution < 1.29 is 23.1 Å². The van der Waals surface area contributed by atoms with Gasteiger partial charge in [0.25, 0.3) is 0 Å². The van der Waals surface area contributed by atoms with Crippen molar-refractivity contribution in [3.8, 4) is 0 Å². The maximum absolute atomic E-state index is 13.1. The van der Waals surface area contributed by atoms with Crippen molar-refractivity contribution >= 4 is 38.0 Å². The highest BCUT2D eigenvalue weighted by Crippen LogP contribution is 2.35. The van der Waals surface area contributed by atoms with Gasteiger partial charge in [-0.1, -0.05) is 58.4 Å². The second-order valence-corrected chi connectivity index (χ2v) is 10.1. The summed E-state index contributed by atoms with van der Waals surface area (Å²) in [4.78, 5) is 12.5. The number of piperidine rings is 1. The molecule has 2 aromatic rings. The standard InChI is InChI=1S/C22H24BrNO5S/c1-29-21(25)22(26)14-15-24(30(27,28)20-12-10-19(23)11-13-20)16-18(22)9-5-8-17-6-3-2-4-7-17/h2-8,10-13,18,26H,9,14-16H2,1H3/b8-5+/t18-,22+/m0/s1. The van der Waals surface area contributed by atoms with E-state index in [9.17, 15) is 18.3 Å². The van der Waals surface area contributed by atoms with E-state index in [0.717, 1.165) is 10.0 Å². The number of benzene rings is 2. The van der Waals surface area contributed by atoms with Gasteiger partial charge in [-0.15, -0.1) is 0 Å². The predicted molar refractivity (Wildman–Crippen MR) is 118 cm³/mol. The lowest BCUT2D eigenvalue weighted by atomic mass is 9.79. The van der Waals surface area contributed by atoms with Crippen molar-refractivity contribution in [3.63, 3.8) is 0 Å². The number of sulfonamides is 1. The fourth-order valence-electron chi connectivity index (χ4n) is 3.61. The van der Waals surface area contributed by atoms with E-state index in [1.807, 2.05) is 42.5 Å². The minimum absolute atomic E-state index is 0.0170. The first-order valence-electron chi connectivity index (χ1n) is 9.55. The Kier molecular flexibility index (Phi) is 7.13. The fraction of sp³-hybridized carbons (Fsp3) is 0.318. The number of esters is 1. The summed E-state index contributed by atoms with van der Waals surface area (Å²) in [6.45, 7) is 0.0476. The molecule has 0 bridgehead atoms. The van der Waals surface area contributed by atoms with Gasteiger partial charge in [0.05, 0.1) is 12.0 Å². The van der Waals surface area contributed by atoms with Crippen molar-refractivity contribution in [1.82, 2.24) is 4.31 Å². The predicted octanol–water partition coefficient (Wildman–Crippen LogP) is 3.47. The normalized spacial score (nSPS) is 22.8. The molecule has 1 aliphatic heterocycles. The van der Waals surface area contributed by atoms with Crippen LogP contribution in [0, 0.1) is 5.92 Å². The van der Waals surface area contributed by atoms with Gasteiger partial charge in [0, 0.05) is 29.9 Å². The van der Waals surface area contributed by atoms with Crippen molar-refractivity contribution in [2.75, 3.05) is 20.2 Å². The Morgan fingerprint density at radius 3 is 2.53 bits per heavy atom. The fourth-order valence-corrected chi connectivity index (χ4v) is 5.36. The third-order valence-corrected chi connectivity index (χ3v) is 7.77. The second kappa shape index (κ2) is 9.43. The van der Waals surface area contributed by atoms with Crippen LogP contribution in [0.3, 0.4) is 0 Å². The van der Waals surface area contributed by atoms with E-state index in [4.69, 9.17) is 4.74 Å². The first kappa shape index (κ1) is 22.7. The number of rotatable bonds is 6. The van der Waals surface area contributed by atoms with Gasteiger partial charge in [-0.05, 0) is 36.2 Å². The van der Waals surface area contributed by atoms with Crippen LogP contribution < -0.4 is 0 Å². The molecule has 2 atom stereocenters. The SMILES string of the molecule is COC(=O)[C@@]1(O)CCN(S(=O)(=O)c2ccc(Br)cc2)C[C@@H]1C/C=C/c1ccccc1. The molecule has 0 aliphatic carbocycles. The molecule has 1 heterocycles. The quantitative estimate of drug-likeness (QED) is 0.622. The van der Waals surface area contributed by atoms with Crippen LogP contribution in [0.4, 0.5) is 0 Å². The number of ether oxygens (including phenoxy) is 1. The number of hydrogen-bond acceptors (Lipinski definition) is 5. The molecule has 6 nitrogen and oxygen atoms in total. The van der Waals surface area contributed by atoms with Gasteiger partial charge in [0.15, 0.2) is 5.60 Å². The van der Waals surface area contributed by atoms with E-state index in [-0.39, 0.29) is 24.4 Å². The van der Waals surface area contributed by atoms with Crippen LogP contribution in [0.5, 0.6) is 0 Å². The third-order valence-electron chi connectivity index (χ3n) is 5.36. The molecule has 1 saturated heterocycles. The summed E-state index contributed by atoms with van der Waals surface area (Å²) in [5.74, 6) is -1.37. The van der Waals surface area contributed by atoms with Gasteiger partial charge in [0.2, 0.25) is 10.0 Å². The monoisotopic (exact) mass is 493 g/mol. The van der Waals surface area contributed by atoms with Gasteiger partial charge < -0.3 is 9.84 Å². The average Bonchev–Trinajstić information content (AvgIpc) is 2.75. The lowest BCUT2D eigenvalue weighted by molar-refractivity contribution is -0.173. The van der Waals surface area contributed by atoms with Gasteiger partial charge in [-0.3, -0.25) is 0 Å². The van der Waals surface area contributed by atoms with Crippen LogP contribution in [0.1, 0.15) is 18.4 Å². The molecular formula is C22H24BrNO5S. The number of aliphatic hydroxyl groups is 1. The molecular weight excluding hydrogens is 470 g/mol. The van der Waals surface area contributed by atoms with Crippen LogP contribution in [-0.2, 0) is 19.6 Å². The van der Waals surface area contributed by atoms with Crippen molar-refractivity contribution in [3.05, 3.63) is 70.7 Å². The summed E-state index contributed by atoms with van der Waals surface area (Å²) < 4.78 is 33.1. The maximum Gasteiger partial charge on any atom is 0.338 e. The minimum atomic E-state index is -3.75. The molecule has 0 saturated carbocycles. The van der Waals surface area contributed by atoms with E-state index < -0.39 is 27.5 Å². The number of hydrogen-bond donors (Lipinski definition) is 1. The van der Waals surface area contributed by atoms with Gasteiger partial charge in [-0.2, -0.15) is 4.31 Å². The second-order valence-electron chi connectivity index (χ2n) is 7.23. The Hall–Kier alpha value is -2.00. The molecule has 0 radical (unpaired) electrons. The minimum Gasteiger partial charge on any atom is -0.467 e. The molecule has 30 heavy (non-hydrogen) atoms. The van der Waals surface area contributed by atoms with Gasteiger partial charge in [0.1, 0.15) is 0 Å². The molecule has 1 aliphatic rings. The zero-order chi connectivity index (χ0) is 21.8. The topological polar surface area (TPSA) is 83.9 Å². The number of carbonyl (C=O) groups excluding carboxylic acids is 1. The van der Waals surface area contributed by atoms with E-state index in [0.29, 0.717) is 6.42 Å². The van der Waals surface area contributed by atoms with E-state index in [1.165, 1.54) is 23.5 Å². The molecule has 1 fully saturated rings.